The predicted octanol–water partition coefficient (Wildman–Crippen LogP) is 3.37. The number of carbonyl (C=O) groups excluding carboxylic acids is 1. The normalized spacial score (nSPS) is 15.4. The number of unbranched alkanes of at least 4 members (excludes halogenated alkanes) is 2. The van der Waals surface area contributed by atoms with Gasteiger partial charge in [0.05, 0.1) is 6.42 Å². The molecule has 2 aromatic rings. The summed E-state index contributed by atoms with van der Waals surface area (Å²) in [4.78, 5) is 14.8. The minimum Gasteiger partial charge on any atom is -0.396 e. The lowest BCUT2D eigenvalue weighted by molar-refractivity contribution is -0.131. The highest BCUT2D eigenvalue weighted by Gasteiger charge is 2.22. The van der Waals surface area contributed by atoms with Gasteiger partial charge in [0.15, 0.2) is 0 Å². The van der Waals surface area contributed by atoms with Crippen molar-refractivity contribution in [3.63, 3.8) is 0 Å². The lowest BCUT2D eigenvalue weighted by Crippen LogP contribution is -2.41. The molecule has 27 heavy (non-hydrogen) atoms. The predicted molar refractivity (Wildman–Crippen MR) is 111 cm³/mol. The second-order valence-corrected chi connectivity index (χ2v) is 7.63. The maximum Gasteiger partial charge on any atom is 0.227 e. The summed E-state index contributed by atoms with van der Waals surface area (Å²) in [5, 5.41) is 14.7. The Morgan fingerprint density at radius 2 is 1.81 bits per heavy atom. The Balaban J connectivity index is 1.42. The minimum atomic E-state index is 0.252. The van der Waals surface area contributed by atoms with Crippen molar-refractivity contribution in [1.29, 1.82) is 0 Å². The smallest absolute Gasteiger partial charge is 0.227 e. The Kier molecular flexibility index (Phi) is 7.66. The van der Waals surface area contributed by atoms with Gasteiger partial charge >= 0.3 is 0 Å². The summed E-state index contributed by atoms with van der Waals surface area (Å²) in [6.45, 7) is 4.12. The molecule has 0 aromatic heterocycles. The average Bonchev–Trinajstić information content (AvgIpc) is 2.71. The highest BCUT2D eigenvalue weighted by molar-refractivity contribution is 5.90. The maximum absolute atomic E-state index is 12.8. The molecule has 1 aliphatic rings. The van der Waals surface area contributed by atoms with E-state index in [2.05, 4.69) is 29.6 Å². The number of amides is 1. The molecule has 1 amide bonds. The van der Waals surface area contributed by atoms with Gasteiger partial charge < -0.3 is 15.3 Å². The van der Waals surface area contributed by atoms with Crippen LogP contribution in [0.25, 0.3) is 10.8 Å². The van der Waals surface area contributed by atoms with Gasteiger partial charge in [0.25, 0.3) is 0 Å². The van der Waals surface area contributed by atoms with Crippen molar-refractivity contribution < 1.29 is 9.90 Å². The van der Waals surface area contributed by atoms with E-state index in [1.165, 1.54) is 10.8 Å². The molecule has 0 radical (unpaired) electrons. The monoisotopic (exact) mass is 368 g/mol. The van der Waals surface area contributed by atoms with Crippen molar-refractivity contribution in [3.8, 4) is 0 Å². The van der Waals surface area contributed by atoms with Crippen molar-refractivity contribution in [1.82, 2.24) is 10.2 Å². The largest absolute Gasteiger partial charge is 0.396 e. The number of rotatable bonds is 9. The number of aliphatic hydroxyl groups excluding tert-OH is 1. The first-order valence-electron chi connectivity index (χ1n) is 10.3. The van der Waals surface area contributed by atoms with Crippen LogP contribution in [-0.2, 0) is 11.2 Å². The van der Waals surface area contributed by atoms with Gasteiger partial charge in [0, 0.05) is 19.7 Å². The van der Waals surface area contributed by atoms with Crippen molar-refractivity contribution in [2.75, 3.05) is 32.8 Å². The second kappa shape index (κ2) is 10.4. The summed E-state index contributed by atoms with van der Waals surface area (Å²) in [6, 6.07) is 14.5. The molecule has 0 spiro atoms. The number of hydrogen-bond acceptors (Lipinski definition) is 3. The van der Waals surface area contributed by atoms with Gasteiger partial charge in [-0.15, -0.1) is 0 Å². The molecule has 1 heterocycles. The van der Waals surface area contributed by atoms with E-state index in [1.54, 1.807) is 0 Å². The van der Waals surface area contributed by atoms with E-state index in [-0.39, 0.29) is 5.91 Å². The zero-order valence-electron chi connectivity index (χ0n) is 16.2. The molecular formula is C23H32N2O2. The third-order valence-corrected chi connectivity index (χ3v) is 5.63. The Hall–Kier alpha value is -1.91. The molecule has 4 nitrogen and oxygen atoms in total. The van der Waals surface area contributed by atoms with Gasteiger partial charge in [0.2, 0.25) is 5.91 Å². The molecule has 3 rings (SSSR count). The molecule has 4 heteroatoms. The summed E-state index contributed by atoms with van der Waals surface area (Å²) in [5.41, 5.74) is 1.13. The van der Waals surface area contributed by atoms with E-state index in [0.717, 1.165) is 63.8 Å². The topological polar surface area (TPSA) is 52.6 Å². The molecule has 2 N–H and O–H groups in total. The Labute approximate surface area is 162 Å². The number of piperidine rings is 1. The third-order valence-electron chi connectivity index (χ3n) is 5.63. The number of nitrogens with one attached hydrogen (secondary N) is 1. The summed E-state index contributed by atoms with van der Waals surface area (Å²) < 4.78 is 0. The Morgan fingerprint density at radius 1 is 1.04 bits per heavy atom. The molecule has 146 valence electrons. The zero-order valence-corrected chi connectivity index (χ0v) is 16.2. The molecule has 0 atom stereocenters. The van der Waals surface area contributed by atoms with E-state index in [4.69, 9.17) is 5.11 Å². The number of likely N-dealkylation sites (tertiary alicyclic amines) is 1. The summed E-state index contributed by atoms with van der Waals surface area (Å²) in [6.07, 6.45) is 5.79. The van der Waals surface area contributed by atoms with Crippen LogP contribution in [0.3, 0.4) is 0 Å². The summed E-state index contributed by atoms with van der Waals surface area (Å²) >= 11 is 0. The maximum atomic E-state index is 12.8. The van der Waals surface area contributed by atoms with Gasteiger partial charge in [0.1, 0.15) is 0 Å². The van der Waals surface area contributed by atoms with Crippen LogP contribution in [-0.4, -0.2) is 48.7 Å². The first-order valence-corrected chi connectivity index (χ1v) is 10.3. The standard InChI is InChI=1S/C23H32N2O2/c26-16-5-1-4-13-24-18-19-11-14-25(15-12-19)23(27)17-21-9-6-8-20-7-2-3-10-22(20)21/h2-3,6-10,19,24,26H,1,4-5,11-18H2. The summed E-state index contributed by atoms with van der Waals surface area (Å²) in [7, 11) is 0. The van der Waals surface area contributed by atoms with E-state index >= 15 is 0 Å². The minimum absolute atomic E-state index is 0.252. The molecule has 2 aromatic carbocycles. The molecule has 0 unspecified atom stereocenters. The van der Waals surface area contributed by atoms with E-state index in [1.807, 2.05) is 23.1 Å². The van der Waals surface area contributed by atoms with Crippen molar-refractivity contribution >= 4 is 16.7 Å². The van der Waals surface area contributed by atoms with Gasteiger partial charge in [-0.1, -0.05) is 42.5 Å². The van der Waals surface area contributed by atoms with Crippen LogP contribution in [0, 0.1) is 5.92 Å². The van der Waals surface area contributed by atoms with Crippen LogP contribution < -0.4 is 5.32 Å². The van der Waals surface area contributed by atoms with E-state index < -0.39 is 0 Å². The third kappa shape index (κ3) is 5.78. The zero-order chi connectivity index (χ0) is 18.9. The van der Waals surface area contributed by atoms with Crippen LogP contribution in [0.2, 0.25) is 0 Å². The number of nitrogens with zero attached hydrogens (tertiary/aromatic N) is 1. The first kappa shape index (κ1) is 19.8. The quantitative estimate of drug-likeness (QED) is 0.667. The second-order valence-electron chi connectivity index (χ2n) is 7.63. The fourth-order valence-corrected chi connectivity index (χ4v) is 3.95. The molecular weight excluding hydrogens is 336 g/mol. The molecule has 0 bridgehead atoms. The van der Waals surface area contributed by atoms with Gasteiger partial charge in [-0.05, 0) is 67.4 Å². The molecule has 0 aliphatic carbocycles. The van der Waals surface area contributed by atoms with Crippen molar-refractivity contribution in [2.45, 2.75) is 38.5 Å². The summed E-state index contributed by atoms with van der Waals surface area (Å²) in [5.74, 6) is 0.922. The van der Waals surface area contributed by atoms with Gasteiger partial charge in [-0.2, -0.15) is 0 Å². The number of fused-ring (bicyclic) bond motifs is 1. The van der Waals surface area contributed by atoms with Crippen molar-refractivity contribution in [2.24, 2.45) is 5.92 Å². The van der Waals surface area contributed by atoms with Gasteiger partial charge in [-0.25, -0.2) is 0 Å². The van der Waals surface area contributed by atoms with Crippen LogP contribution in [0.4, 0.5) is 0 Å². The molecule has 1 fully saturated rings. The van der Waals surface area contributed by atoms with E-state index in [0.29, 0.717) is 18.9 Å². The van der Waals surface area contributed by atoms with Crippen LogP contribution in [0.15, 0.2) is 42.5 Å². The SMILES string of the molecule is O=C(Cc1cccc2ccccc12)N1CCC(CNCCCCCO)CC1. The average molecular weight is 369 g/mol. The molecule has 1 saturated heterocycles. The Bertz CT molecular complexity index is 718. The number of aliphatic hydroxyl groups is 1. The number of benzene rings is 2. The molecule has 0 saturated carbocycles. The number of hydrogen-bond donors (Lipinski definition) is 2. The number of carbonyl (C=O) groups is 1. The highest BCUT2D eigenvalue weighted by atomic mass is 16.2. The van der Waals surface area contributed by atoms with E-state index in [9.17, 15) is 4.79 Å². The lowest BCUT2D eigenvalue weighted by Gasteiger charge is -2.32. The lowest BCUT2D eigenvalue weighted by atomic mass is 9.95. The van der Waals surface area contributed by atoms with Gasteiger partial charge in [-0.3, -0.25) is 4.79 Å². The van der Waals surface area contributed by atoms with Crippen molar-refractivity contribution in [3.05, 3.63) is 48.0 Å². The van der Waals surface area contributed by atoms with Crippen LogP contribution in [0.5, 0.6) is 0 Å². The van der Waals surface area contributed by atoms with Crippen LogP contribution in [0.1, 0.15) is 37.7 Å². The Morgan fingerprint density at radius 3 is 2.63 bits per heavy atom. The fraction of sp³-hybridized carbons (Fsp3) is 0.522. The highest BCUT2D eigenvalue weighted by Crippen LogP contribution is 2.21. The van der Waals surface area contributed by atoms with Crippen LogP contribution >= 0.6 is 0 Å². The first-order chi connectivity index (χ1) is 13.3. The molecule has 1 aliphatic heterocycles. The fourth-order valence-electron chi connectivity index (χ4n) is 3.95.